The van der Waals surface area contributed by atoms with E-state index in [0.29, 0.717) is 0 Å². The lowest BCUT2D eigenvalue weighted by Gasteiger charge is -1.98. The molecule has 1 aromatic heterocycles. The minimum atomic E-state index is 0.0185. The van der Waals surface area contributed by atoms with Crippen LogP contribution in [0.5, 0.6) is 0 Å². The normalized spacial score (nSPS) is 13.0. The van der Waals surface area contributed by atoms with Crippen molar-refractivity contribution in [2.45, 2.75) is 6.04 Å². The molecule has 48 valence electrons. The van der Waals surface area contributed by atoms with Crippen molar-refractivity contribution in [1.29, 1.82) is 0 Å². The Morgan fingerprint density at radius 1 is 1.78 bits per heavy atom. The molecule has 0 radical (unpaired) electrons. The fourth-order valence-corrected chi connectivity index (χ4v) is 1.32. The molecule has 0 aromatic carbocycles. The lowest BCUT2D eigenvalue weighted by atomic mass is 10.2. The first-order chi connectivity index (χ1) is 4.34. The van der Waals surface area contributed by atoms with Gasteiger partial charge in [0.1, 0.15) is 0 Å². The molecule has 0 amide bonds. The van der Waals surface area contributed by atoms with Crippen molar-refractivity contribution in [2.24, 2.45) is 5.73 Å². The van der Waals surface area contributed by atoms with Gasteiger partial charge in [-0.3, -0.25) is 0 Å². The Morgan fingerprint density at radius 2 is 2.56 bits per heavy atom. The van der Waals surface area contributed by atoms with E-state index in [-0.39, 0.29) is 6.04 Å². The van der Waals surface area contributed by atoms with Gasteiger partial charge in [0.25, 0.3) is 0 Å². The van der Waals surface area contributed by atoms with Gasteiger partial charge in [-0.05, 0) is 11.4 Å². The minimum Gasteiger partial charge on any atom is -0.320 e. The number of rotatable bonds is 2. The van der Waals surface area contributed by atoms with E-state index < -0.39 is 0 Å². The predicted octanol–water partition coefficient (Wildman–Crippen LogP) is 1.93. The molecule has 0 aliphatic heterocycles. The summed E-state index contributed by atoms with van der Waals surface area (Å²) in [6.07, 6.45) is 1.74. The molecule has 9 heavy (non-hydrogen) atoms. The lowest BCUT2D eigenvalue weighted by molar-refractivity contribution is 0.940. The van der Waals surface area contributed by atoms with Crippen LogP contribution < -0.4 is 5.73 Å². The zero-order chi connectivity index (χ0) is 6.69. The number of nitrogens with two attached hydrogens (primary N) is 1. The van der Waals surface area contributed by atoms with Crippen LogP contribution in [0.3, 0.4) is 0 Å². The minimum absolute atomic E-state index is 0.0185. The second-order valence-corrected chi connectivity index (χ2v) is 2.76. The molecule has 0 saturated carbocycles. The Labute approximate surface area is 58.8 Å². The van der Waals surface area contributed by atoms with E-state index in [9.17, 15) is 0 Å². The third kappa shape index (κ3) is 1.40. The van der Waals surface area contributed by atoms with Crippen LogP contribution >= 0.6 is 11.3 Å². The van der Waals surface area contributed by atoms with Crippen LogP contribution in [0.25, 0.3) is 0 Å². The summed E-state index contributed by atoms with van der Waals surface area (Å²) in [5.74, 6) is 0. The van der Waals surface area contributed by atoms with Crippen LogP contribution in [-0.2, 0) is 0 Å². The van der Waals surface area contributed by atoms with Crippen molar-refractivity contribution in [3.8, 4) is 0 Å². The fraction of sp³-hybridized carbons (Fsp3) is 0.143. The van der Waals surface area contributed by atoms with Gasteiger partial charge in [-0.15, -0.1) is 17.9 Å². The van der Waals surface area contributed by atoms with E-state index in [2.05, 4.69) is 6.58 Å². The van der Waals surface area contributed by atoms with Crippen molar-refractivity contribution < 1.29 is 0 Å². The summed E-state index contributed by atoms with van der Waals surface area (Å²) in [6.45, 7) is 3.60. The van der Waals surface area contributed by atoms with Crippen LogP contribution in [0, 0.1) is 0 Å². The van der Waals surface area contributed by atoms with Crippen molar-refractivity contribution in [3.05, 3.63) is 35.0 Å². The van der Waals surface area contributed by atoms with E-state index in [1.54, 1.807) is 17.4 Å². The number of thiophene rings is 1. The summed E-state index contributed by atoms with van der Waals surface area (Å²) >= 11 is 1.66. The van der Waals surface area contributed by atoms with Crippen LogP contribution in [-0.4, -0.2) is 0 Å². The van der Waals surface area contributed by atoms with Crippen molar-refractivity contribution >= 4 is 11.3 Å². The highest BCUT2D eigenvalue weighted by Crippen LogP contribution is 2.16. The van der Waals surface area contributed by atoms with Crippen molar-refractivity contribution in [1.82, 2.24) is 0 Å². The van der Waals surface area contributed by atoms with E-state index >= 15 is 0 Å². The topological polar surface area (TPSA) is 26.0 Å². The average Bonchev–Trinajstić information content (AvgIpc) is 2.37. The zero-order valence-electron chi connectivity index (χ0n) is 5.08. The molecule has 0 fully saturated rings. The first kappa shape index (κ1) is 6.52. The van der Waals surface area contributed by atoms with Gasteiger partial charge in [0.05, 0.1) is 6.04 Å². The van der Waals surface area contributed by atoms with Crippen molar-refractivity contribution in [2.75, 3.05) is 0 Å². The molecule has 1 atom stereocenters. The van der Waals surface area contributed by atoms with E-state index in [4.69, 9.17) is 5.73 Å². The standard InChI is InChI=1S/C7H9NS/c1-2-6(8)7-4-3-5-9-7/h2-6H,1,8H2/t6-/m0/s1. The molecule has 1 rings (SSSR count). The zero-order valence-corrected chi connectivity index (χ0v) is 5.90. The second kappa shape index (κ2) is 2.80. The molecule has 2 N–H and O–H groups in total. The van der Waals surface area contributed by atoms with Gasteiger partial charge in [0.2, 0.25) is 0 Å². The van der Waals surface area contributed by atoms with E-state index in [0.717, 1.165) is 0 Å². The van der Waals surface area contributed by atoms with Crippen LogP contribution in [0.15, 0.2) is 30.2 Å². The molecule has 0 aliphatic rings. The number of hydrogen-bond acceptors (Lipinski definition) is 2. The smallest absolute Gasteiger partial charge is 0.0573 e. The highest BCUT2D eigenvalue weighted by Gasteiger charge is 1.98. The van der Waals surface area contributed by atoms with E-state index in [1.807, 2.05) is 17.5 Å². The van der Waals surface area contributed by atoms with Gasteiger partial charge in [0, 0.05) is 4.88 Å². The Kier molecular flexibility index (Phi) is 2.03. The van der Waals surface area contributed by atoms with Gasteiger partial charge < -0.3 is 5.73 Å². The quantitative estimate of drug-likeness (QED) is 0.622. The summed E-state index contributed by atoms with van der Waals surface area (Å²) in [7, 11) is 0. The third-order valence-electron chi connectivity index (χ3n) is 1.13. The first-order valence-electron chi connectivity index (χ1n) is 2.76. The Hall–Kier alpha value is -0.600. The maximum absolute atomic E-state index is 5.63. The maximum atomic E-state index is 5.63. The Balaban J connectivity index is 2.76. The van der Waals surface area contributed by atoms with Crippen LogP contribution in [0.4, 0.5) is 0 Å². The second-order valence-electron chi connectivity index (χ2n) is 1.78. The first-order valence-corrected chi connectivity index (χ1v) is 3.64. The lowest BCUT2D eigenvalue weighted by Crippen LogP contribution is -2.03. The summed E-state index contributed by atoms with van der Waals surface area (Å²) < 4.78 is 0. The largest absolute Gasteiger partial charge is 0.320 e. The van der Waals surface area contributed by atoms with Gasteiger partial charge in [-0.1, -0.05) is 12.1 Å². The average molecular weight is 139 g/mol. The molecule has 0 unspecified atom stereocenters. The summed E-state index contributed by atoms with van der Waals surface area (Å²) in [5.41, 5.74) is 5.63. The molecule has 1 nitrogen and oxygen atoms in total. The fourth-order valence-electron chi connectivity index (χ4n) is 0.597. The van der Waals surface area contributed by atoms with Crippen molar-refractivity contribution in [3.63, 3.8) is 0 Å². The molecule has 0 aliphatic carbocycles. The third-order valence-corrected chi connectivity index (χ3v) is 2.10. The summed E-state index contributed by atoms with van der Waals surface area (Å²) in [6, 6.07) is 4.02. The Bertz CT molecular complexity index is 179. The molecule has 2 heteroatoms. The van der Waals surface area contributed by atoms with Crippen LogP contribution in [0.2, 0.25) is 0 Å². The molecule has 0 spiro atoms. The SMILES string of the molecule is C=C[C@H](N)c1cccs1. The van der Waals surface area contributed by atoms with Gasteiger partial charge in [-0.2, -0.15) is 0 Å². The molecule has 0 bridgehead atoms. The number of hydrogen-bond donors (Lipinski definition) is 1. The monoisotopic (exact) mass is 139 g/mol. The van der Waals surface area contributed by atoms with Gasteiger partial charge >= 0.3 is 0 Å². The molecular formula is C7H9NS. The summed E-state index contributed by atoms with van der Waals surface area (Å²) in [5, 5.41) is 2.01. The highest BCUT2D eigenvalue weighted by molar-refractivity contribution is 7.10. The van der Waals surface area contributed by atoms with E-state index in [1.165, 1.54) is 4.88 Å². The Morgan fingerprint density at radius 3 is 3.00 bits per heavy atom. The van der Waals surface area contributed by atoms with Gasteiger partial charge in [0.15, 0.2) is 0 Å². The molecule has 1 aromatic rings. The summed E-state index contributed by atoms with van der Waals surface area (Å²) in [4.78, 5) is 1.17. The molecule has 0 saturated heterocycles. The molecular weight excluding hydrogens is 130 g/mol. The molecule has 1 heterocycles. The predicted molar refractivity (Wildman–Crippen MR) is 41.4 cm³/mol. The van der Waals surface area contributed by atoms with Crippen LogP contribution in [0.1, 0.15) is 10.9 Å². The highest BCUT2D eigenvalue weighted by atomic mass is 32.1. The van der Waals surface area contributed by atoms with Gasteiger partial charge in [-0.25, -0.2) is 0 Å². The maximum Gasteiger partial charge on any atom is 0.0573 e.